The molecule has 0 aromatic heterocycles. The first-order valence-electron chi connectivity index (χ1n) is 9.14. The normalized spacial score (nSPS) is 28.8. The molecule has 3 rings (SSSR count). The summed E-state index contributed by atoms with van der Waals surface area (Å²) >= 11 is 0. The summed E-state index contributed by atoms with van der Waals surface area (Å²) in [5.41, 5.74) is 3.37. The van der Waals surface area contributed by atoms with Crippen molar-refractivity contribution in [3.05, 3.63) is 35.4 Å². The van der Waals surface area contributed by atoms with Crippen molar-refractivity contribution in [2.24, 2.45) is 5.92 Å². The molecule has 0 radical (unpaired) electrons. The molecular formula is C21H30O2. The molecule has 1 aromatic carbocycles. The van der Waals surface area contributed by atoms with Gasteiger partial charge in [-0.3, -0.25) is 0 Å². The zero-order valence-corrected chi connectivity index (χ0v) is 14.8. The minimum atomic E-state index is -0.0852. The highest BCUT2D eigenvalue weighted by molar-refractivity contribution is 5.52. The summed E-state index contributed by atoms with van der Waals surface area (Å²) in [6.45, 7) is 10.8. The number of aryl methyl sites for hydroxylation is 1. The second-order valence-corrected chi connectivity index (χ2v) is 7.84. The number of fused-ring (bicyclic) bond motifs is 4. The quantitative estimate of drug-likeness (QED) is 0.555. The van der Waals surface area contributed by atoms with Crippen molar-refractivity contribution >= 4 is 0 Å². The van der Waals surface area contributed by atoms with E-state index in [0.717, 1.165) is 37.0 Å². The van der Waals surface area contributed by atoms with E-state index in [2.05, 4.69) is 33.4 Å². The highest BCUT2D eigenvalue weighted by Crippen LogP contribution is 2.55. The van der Waals surface area contributed by atoms with Gasteiger partial charge in [-0.05, 0) is 69.6 Å². The molecule has 2 unspecified atom stereocenters. The van der Waals surface area contributed by atoms with Gasteiger partial charge in [0.2, 0.25) is 0 Å². The van der Waals surface area contributed by atoms with E-state index in [-0.39, 0.29) is 5.60 Å². The molecule has 0 amide bonds. The lowest BCUT2D eigenvalue weighted by molar-refractivity contribution is 0.00630. The van der Waals surface area contributed by atoms with Crippen molar-refractivity contribution in [3.8, 4) is 11.5 Å². The van der Waals surface area contributed by atoms with Gasteiger partial charge in [0.1, 0.15) is 17.1 Å². The third kappa shape index (κ3) is 3.13. The summed E-state index contributed by atoms with van der Waals surface area (Å²) in [6.07, 6.45) is 7.80. The Morgan fingerprint density at radius 1 is 1.39 bits per heavy atom. The number of hydrogen-bond acceptors (Lipinski definition) is 2. The Morgan fingerprint density at radius 3 is 2.87 bits per heavy atom. The fourth-order valence-corrected chi connectivity index (χ4v) is 4.47. The van der Waals surface area contributed by atoms with Crippen LogP contribution in [-0.2, 0) is 6.42 Å². The smallest absolute Gasteiger partial charge is 0.127 e. The van der Waals surface area contributed by atoms with Crippen LogP contribution in [0, 0.1) is 5.92 Å². The van der Waals surface area contributed by atoms with Crippen molar-refractivity contribution in [2.75, 3.05) is 0 Å². The fourth-order valence-electron chi connectivity index (χ4n) is 4.47. The van der Waals surface area contributed by atoms with Crippen LogP contribution in [0.4, 0.5) is 0 Å². The number of ether oxygens (including phenoxy) is 1. The first-order chi connectivity index (χ1) is 10.9. The second kappa shape index (κ2) is 6.22. The van der Waals surface area contributed by atoms with Gasteiger partial charge in [-0.15, -0.1) is 0 Å². The number of benzene rings is 1. The molecule has 2 heteroatoms. The van der Waals surface area contributed by atoms with E-state index in [9.17, 15) is 5.11 Å². The maximum atomic E-state index is 10.7. The third-order valence-electron chi connectivity index (χ3n) is 5.73. The second-order valence-electron chi connectivity index (χ2n) is 7.84. The Hall–Kier alpha value is -1.44. The number of rotatable bonds is 5. The van der Waals surface area contributed by atoms with Gasteiger partial charge in [0.25, 0.3) is 0 Å². The number of hydrogen-bond donors (Lipinski definition) is 1. The average molecular weight is 314 g/mol. The summed E-state index contributed by atoms with van der Waals surface area (Å²) in [5.74, 6) is 2.15. The number of aromatic hydroxyl groups is 1. The average Bonchev–Trinajstić information content (AvgIpc) is 2.46. The summed E-state index contributed by atoms with van der Waals surface area (Å²) in [6, 6.07) is 4.14. The number of unbranched alkanes of at least 4 members (excludes halogenated alkanes) is 2. The molecule has 1 saturated carbocycles. The topological polar surface area (TPSA) is 29.5 Å². The molecule has 1 aromatic rings. The predicted octanol–water partition coefficient (Wildman–Crippen LogP) is 5.74. The molecule has 2 nitrogen and oxygen atoms in total. The van der Waals surface area contributed by atoms with Crippen LogP contribution in [0.1, 0.15) is 76.3 Å². The Morgan fingerprint density at radius 2 is 2.17 bits per heavy atom. The van der Waals surface area contributed by atoms with E-state index in [4.69, 9.17) is 4.74 Å². The van der Waals surface area contributed by atoms with Gasteiger partial charge in [-0.2, -0.15) is 0 Å². The number of phenolic OH excluding ortho intramolecular Hbond substituents is 1. The van der Waals surface area contributed by atoms with E-state index in [1.807, 2.05) is 6.07 Å². The predicted molar refractivity (Wildman–Crippen MR) is 95.3 cm³/mol. The van der Waals surface area contributed by atoms with Crippen LogP contribution >= 0.6 is 0 Å². The van der Waals surface area contributed by atoms with Crippen molar-refractivity contribution in [3.63, 3.8) is 0 Å². The molecule has 1 heterocycles. The molecule has 2 bridgehead atoms. The molecule has 2 aliphatic rings. The molecule has 1 fully saturated rings. The van der Waals surface area contributed by atoms with E-state index in [1.54, 1.807) is 0 Å². The van der Waals surface area contributed by atoms with Crippen LogP contribution in [0.3, 0.4) is 0 Å². The SMILES string of the molecule is C=C(C)[C@@H]1CCC2(C)CC1c1c(O)cc(CCCCC)cc1O2. The van der Waals surface area contributed by atoms with Gasteiger partial charge in [0, 0.05) is 11.5 Å². The van der Waals surface area contributed by atoms with Crippen molar-refractivity contribution in [1.82, 2.24) is 0 Å². The molecule has 1 aliphatic carbocycles. The van der Waals surface area contributed by atoms with E-state index < -0.39 is 0 Å². The summed E-state index contributed by atoms with van der Waals surface area (Å²) in [5, 5.41) is 10.7. The van der Waals surface area contributed by atoms with Gasteiger partial charge in [-0.1, -0.05) is 31.9 Å². The maximum Gasteiger partial charge on any atom is 0.127 e. The fraction of sp³-hybridized carbons (Fsp3) is 0.619. The molecule has 0 saturated heterocycles. The van der Waals surface area contributed by atoms with Crippen molar-refractivity contribution in [2.45, 2.75) is 77.2 Å². The summed E-state index contributed by atoms with van der Waals surface area (Å²) < 4.78 is 6.36. The van der Waals surface area contributed by atoms with Crippen LogP contribution in [0.5, 0.6) is 11.5 Å². The summed E-state index contributed by atoms with van der Waals surface area (Å²) in [7, 11) is 0. The lowest BCUT2D eigenvalue weighted by Gasteiger charge is -2.48. The largest absolute Gasteiger partial charge is 0.508 e. The molecule has 126 valence electrons. The lowest BCUT2D eigenvalue weighted by Crippen LogP contribution is -2.44. The highest BCUT2D eigenvalue weighted by Gasteiger charge is 2.46. The van der Waals surface area contributed by atoms with Crippen LogP contribution < -0.4 is 4.74 Å². The lowest BCUT2D eigenvalue weighted by atomic mass is 9.65. The van der Waals surface area contributed by atoms with Crippen LogP contribution in [0.25, 0.3) is 0 Å². The molecular weight excluding hydrogens is 284 g/mol. The van der Waals surface area contributed by atoms with E-state index in [0.29, 0.717) is 17.6 Å². The van der Waals surface area contributed by atoms with Crippen LogP contribution in [0.15, 0.2) is 24.3 Å². The number of phenols is 1. The zero-order chi connectivity index (χ0) is 16.6. The summed E-state index contributed by atoms with van der Waals surface area (Å²) in [4.78, 5) is 0. The number of allylic oxidation sites excluding steroid dienone is 1. The van der Waals surface area contributed by atoms with Crippen LogP contribution in [-0.4, -0.2) is 10.7 Å². The Bertz CT molecular complexity index is 604. The minimum Gasteiger partial charge on any atom is -0.508 e. The van der Waals surface area contributed by atoms with Gasteiger partial charge >= 0.3 is 0 Å². The highest BCUT2D eigenvalue weighted by atomic mass is 16.5. The zero-order valence-electron chi connectivity index (χ0n) is 14.8. The van der Waals surface area contributed by atoms with Gasteiger partial charge in [0.15, 0.2) is 0 Å². The van der Waals surface area contributed by atoms with Crippen molar-refractivity contribution < 1.29 is 9.84 Å². The van der Waals surface area contributed by atoms with Gasteiger partial charge in [-0.25, -0.2) is 0 Å². The first kappa shape index (κ1) is 16.4. The minimum absolute atomic E-state index is 0.0852. The van der Waals surface area contributed by atoms with Gasteiger partial charge < -0.3 is 9.84 Å². The van der Waals surface area contributed by atoms with E-state index in [1.165, 1.54) is 30.4 Å². The monoisotopic (exact) mass is 314 g/mol. The Labute approximate surface area is 140 Å². The standard InChI is InChI=1S/C21H30O2/c1-5-6-7-8-15-11-18(22)20-17-13-21(4,23-19(20)12-15)10-9-16(17)14(2)3/h11-12,16-17,22H,2,5-10,13H2,1,3-4H3/t16-,17?,21?/m0/s1. The maximum absolute atomic E-state index is 10.7. The molecule has 0 spiro atoms. The molecule has 23 heavy (non-hydrogen) atoms. The molecule has 3 atom stereocenters. The molecule has 1 N–H and O–H groups in total. The van der Waals surface area contributed by atoms with Gasteiger partial charge in [0.05, 0.1) is 0 Å². The van der Waals surface area contributed by atoms with E-state index >= 15 is 0 Å². The Kier molecular flexibility index (Phi) is 4.44. The first-order valence-corrected chi connectivity index (χ1v) is 9.14. The van der Waals surface area contributed by atoms with Crippen LogP contribution in [0.2, 0.25) is 0 Å². The Balaban J connectivity index is 1.96. The van der Waals surface area contributed by atoms with Crippen molar-refractivity contribution in [1.29, 1.82) is 0 Å². The molecule has 1 aliphatic heterocycles. The third-order valence-corrected chi connectivity index (χ3v) is 5.73.